The normalized spacial score (nSPS) is 12.1. The van der Waals surface area contributed by atoms with Crippen molar-refractivity contribution in [3.8, 4) is 11.4 Å². The molecule has 8 heteroatoms. The number of benzene rings is 1. The molecule has 116 valence electrons. The van der Waals surface area contributed by atoms with Crippen molar-refractivity contribution in [1.29, 1.82) is 0 Å². The van der Waals surface area contributed by atoms with Gasteiger partial charge in [-0.3, -0.25) is 0 Å². The quantitative estimate of drug-likeness (QED) is 0.771. The first-order valence-electron chi connectivity index (χ1n) is 6.78. The summed E-state index contributed by atoms with van der Waals surface area (Å²) in [4.78, 5) is 5.37. The molecule has 1 aromatic carbocycles. The molecule has 3 rings (SSSR count). The third-order valence-corrected chi connectivity index (χ3v) is 4.87. The summed E-state index contributed by atoms with van der Waals surface area (Å²) in [5.74, 6) is 0.697. The van der Waals surface area contributed by atoms with Gasteiger partial charge >= 0.3 is 0 Å². The van der Waals surface area contributed by atoms with E-state index in [1.54, 1.807) is 4.52 Å². The monoisotopic (exact) mass is 336 g/mol. The molecule has 0 spiro atoms. The van der Waals surface area contributed by atoms with E-state index < -0.39 is 10.0 Å². The highest BCUT2D eigenvalue weighted by Crippen LogP contribution is 2.23. The Hall–Kier alpha value is -1.77. The van der Waals surface area contributed by atoms with Crippen LogP contribution in [0.2, 0.25) is 0 Å². The number of nitrogens with zero attached hydrogens (tertiary/aromatic N) is 3. The number of hydrogen-bond donors (Lipinski definition) is 1. The molecule has 0 fully saturated rings. The molecule has 0 bridgehead atoms. The Labute approximate surface area is 132 Å². The molecule has 0 amide bonds. The minimum atomic E-state index is -3.17. The van der Waals surface area contributed by atoms with Crippen molar-refractivity contribution in [2.75, 3.05) is 12.8 Å². The van der Waals surface area contributed by atoms with E-state index in [4.69, 9.17) is 0 Å². The van der Waals surface area contributed by atoms with E-state index in [1.165, 1.54) is 11.3 Å². The lowest BCUT2D eigenvalue weighted by Gasteiger charge is -2.01. The predicted octanol–water partition coefficient (Wildman–Crippen LogP) is 1.86. The lowest BCUT2D eigenvalue weighted by molar-refractivity contribution is 0.587. The molecule has 22 heavy (non-hydrogen) atoms. The molecule has 0 saturated carbocycles. The molecule has 2 heterocycles. The molecule has 0 unspecified atom stereocenters. The van der Waals surface area contributed by atoms with Crippen LogP contribution in [0.15, 0.2) is 29.6 Å². The van der Waals surface area contributed by atoms with Gasteiger partial charge in [0.2, 0.25) is 15.0 Å². The first kappa shape index (κ1) is 15.1. The van der Waals surface area contributed by atoms with Crippen LogP contribution in [0, 0.1) is 6.92 Å². The van der Waals surface area contributed by atoms with E-state index >= 15 is 0 Å². The summed E-state index contributed by atoms with van der Waals surface area (Å²) < 4.78 is 26.5. The van der Waals surface area contributed by atoms with Crippen molar-refractivity contribution in [2.24, 2.45) is 0 Å². The molecule has 2 aromatic heterocycles. The Bertz CT molecular complexity index is 912. The average molecular weight is 336 g/mol. The van der Waals surface area contributed by atoms with Crippen LogP contribution in [-0.4, -0.2) is 35.8 Å². The summed E-state index contributed by atoms with van der Waals surface area (Å²) in [5.41, 5.74) is 3.09. The Balaban J connectivity index is 1.87. The van der Waals surface area contributed by atoms with Crippen molar-refractivity contribution in [3.05, 3.63) is 40.9 Å². The minimum absolute atomic E-state index is 0.351. The summed E-state index contributed by atoms with van der Waals surface area (Å²) >= 11 is 1.51. The van der Waals surface area contributed by atoms with Crippen molar-refractivity contribution < 1.29 is 8.42 Å². The highest BCUT2D eigenvalue weighted by atomic mass is 32.2. The molecule has 0 radical (unpaired) electrons. The van der Waals surface area contributed by atoms with Crippen LogP contribution in [0.25, 0.3) is 16.3 Å². The maximum absolute atomic E-state index is 11.1. The smallest absolute Gasteiger partial charge is 0.212 e. The van der Waals surface area contributed by atoms with Crippen molar-refractivity contribution >= 4 is 26.3 Å². The van der Waals surface area contributed by atoms with Gasteiger partial charge in [-0.15, -0.1) is 16.4 Å². The van der Waals surface area contributed by atoms with Gasteiger partial charge in [0.25, 0.3) is 0 Å². The van der Waals surface area contributed by atoms with Gasteiger partial charge in [-0.2, -0.15) is 4.98 Å². The van der Waals surface area contributed by atoms with E-state index in [9.17, 15) is 8.42 Å². The molecule has 6 nitrogen and oxygen atoms in total. The molecule has 0 saturated heterocycles. The Morgan fingerprint density at radius 2 is 2.09 bits per heavy atom. The lowest BCUT2D eigenvalue weighted by Crippen LogP contribution is -2.24. The standard InChI is InChI=1S/C14H16N4O2S2/c1-10-5-3-4-6-12(10)13-16-14-18(17-13)11(9-21-14)7-8-15-22(2,19)20/h3-6,9,15H,7-8H2,1-2H3. The highest BCUT2D eigenvalue weighted by Gasteiger charge is 2.13. The van der Waals surface area contributed by atoms with Gasteiger partial charge in [0.15, 0.2) is 5.82 Å². The van der Waals surface area contributed by atoms with Gasteiger partial charge in [-0.05, 0) is 12.5 Å². The number of rotatable bonds is 5. The maximum Gasteiger partial charge on any atom is 0.212 e. The van der Waals surface area contributed by atoms with Crippen LogP contribution in [0.3, 0.4) is 0 Å². The van der Waals surface area contributed by atoms with Crippen LogP contribution in [-0.2, 0) is 16.4 Å². The zero-order valence-corrected chi connectivity index (χ0v) is 13.9. The van der Waals surface area contributed by atoms with Crippen molar-refractivity contribution in [3.63, 3.8) is 0 Å². The number of fused-ring (bicyclic) bond motifs is 1. The lowest BCUT2D eigenvalue weighted by atomic mass is 10.1. The van der Waals surface area contributed by atoms with E-state index in [1.807, 2.05) is 36.6 Å². The summed E-state index contributed by atoms with van der Waals surface area (Å²) in [7, 11) is -3.17. The molecule has 0 atom stereocenters. The summed E-state index contributed by atoms with van der Waals surface area (Å²) in [6.45, 7) is 2.38. The largest absolute Gasteiger partial charge is 0.215 e. The summed E-state index contributed by atoms with van der Waals surface area (Å²) in [6.07, 6.45) is 1.73. The van der Waals surface area contributed by atoms with Crippen molar-refractivity contribution in [1.82, 2.24) is 19.3 Å². The maximum atomic E-state index is 11.1. The van der Waals surface area contributed by atoms with E-state index in [2.05, 4.69) is 14.8 Å². The highest BCUT2D eigenvalue weighted by molar-refractivity contribution is 7.88. The fourth-order valence-corrected chi connectivity index (χ4v) is 3.53. The van der Waals surface area contributed by atoms with E-state index in [-0.39, 0.29) is 0 Å². The zero-order valence-electron chi connectivity index (χ0n) is 12.3. The van der Waals surface area contributed by atoms with Crippen LogP contribution in [0.5, 0.6) is 0 Å². The van der Waals surface area contributed by atoms with Crippen LogP contribution >= 0.6 is 11.3 Å². The first-order chi connectivity index (χ1) is 10.4. The second-order valence-electron chi connectivity index (χ2n) is 5.09. The number of nitrogens with one attached hydrogen (secondary N) is 1. The summed E-state index contributed by atoms with van der Waals surface area (Å²) in [5, 5.41) is 6.52. The van der Waals surface area contributed by atoms with Gasteiger partial charge in [-0.25, -0.2) is 17.7 Å². The number of aryl methyl sites for hydroxylation is 1. The van der Waals surface area contributed by atoms with Gasteiger partial charge in [0, 0.05) is 23.9 Å². The van der Waals surface area contributed by atoms with Gasteiger partial charge in [-0.1, -0.05) is 24.3 Å². The molecular weight excluding hydrogens is 320 g/mol. The third-order valence-electron chi connectivity index (χ3n) is 3.28. The molecule has 0 aliphatic rings. The Morgan fingerprint density at radius 1 is 1.32 bits per heavy atom. The third kappa shape index (κ3) is 3.18. The fraction of sp³-hybridized carbons (Fsp3) is 0.286. The zero-order chi connectivity index (χ0) is 15.7. The second-order valence-corrected chi connectivity index (χ2v) is 7.76. The van der Waals surface area contributed by atoms with Crippen molar-refractivity contribution in [2.45, 2.75) is 13.3 Å². The van der Waals surface area contributed by atoms with Crippen LogP contribution in [0.4, 0.5) is 0 Å². The SMILES string of the molecule is Cc1ccccc1-c1nc2scc(CCNS(C)(=O)=O)n2n1. The van der Waals surface area contributed by atoms with Gasteiger partial charge < -0.3 is 0 Å². The topological polar surface area (TPSA) is 76.4 Å². The molecule has 0 aliphatic carbocycles. The number of sulfonamides is 1. The number of thiazole rings is 1. The van der Waals surface area contributed by atoms with Crippen LogP contribution < -0.4 is 4.72 Å². The Morgan fingerprint density at radius 3 is 2.82 bits per heavy atom. The van der Waals surface area contributed by atoms with E-state index in [0.717, 1.165) is 28.0 Å². The molecule has 1 N–H and O–H groups in total. The predicted molar refractivity (Wildman–Crippen MR) is 87.6 cm³/mol. The summed E-state index contributed by atoms with van der Waals surface area (Å²) in [6, 6.07) is 7.98. The van der Waals surface area contributed by atoms with Crippen LogP contribution in [0.1, 0.15) is 11.3 Å². The van der Waals surface area contributed by atoms with Gasteiger partial charge in [0.1, 0.15) is 0 Å². The number of hydrogen-bond acceptors (Lipinski definition) is 5. The average Bonchev–Trinajstić information content (AvgIpc) is 2.99. The van der Waals surface area contributed by atoms with Gasteiger partial charge in [0.05, 0.1) is 11.9 Å². The Kier molecular flexibility index (Phi) is 3.98. The number of aromatic nitrogens is 3. The second kappa shape index (κ2) is 5.79. The fourth-order valence-electron chi connectivity index (χ4n) is 2.20. The molecular formula is C14H16N4O2S2. The molecule has 0 aliphatic heterocycles. The first-order valence-corrected chi connectivity index (χ1v) is 9.55. The minimum Gasteiger partial charge on any atom is -0.215 e. The van der Waals surface area contributed by atoms with E-state index in [0.29, 0.717) is 18.8 Å². The molecule has 3 aromatic rings.